The molecule has 2 aromatic heterocycles. The van der Waals surface area contributed by atoms with Crippen LogP contribution in [0.5, 0.6) is 0 Å². The molecule has 0 saturated carbocycles. The highest BCUT2D eigenvalue weighted by Crippen LogP contribution is 2.25. The van der Waals surface area contributed by atoms with Gasteiger partial charge in [0, 0.05) is 29.1 Å². The van der Waals surface area contributed by atoms with Gasteiger partial charge in [0.2, 0.25) is 0 Å². The van der Waals surface area contributed by atoms with E-state index in [4.69, 9.17) is 0 Å². The minimum atomic E-state index is -0.0742. The first-order chi connectivity index (χ1) is 13.3. The van der Waals surface area contributed by atoms with Crippen molar-refractivity contribution in [2.24, 2.45) is 0 Å². The summed E-state index contributed by atoms with van der Waals surface area (Å²) in [5.74, 6) is -0.0742. The largest absolute Gasteiger partial charge is 0.345 e. The van der Waals surface area contributed by atoms with E-state index in [0.29, 0.717) is 5.56 Å². The summed E-state index contributed by atoms with van der Waals surface area (Å²) in [5.41, 5.74) is 6.85. The Morgan fingerprint density at radius 2 is 1.75 bits per heavy atom. The van der Waals surface area contributed by atoms with Crippen LogP contribution in [0.4, 0.5) is 0 Å². The average Bonchev–Trinajstić information content (AvgIpc) is 3.17. The number of amides is 1. The lowest BCUT2D eigenvalue weighted by Gasteiger charge is -2.18. The fraction of sp³-hybridized carbons (Fsp3) is 0.409. The minimum absolute atomic E-state index is 0.0523. The molecule has 0 aliphatic carbocycles. The van der Waals surface area contributed by atoms with Crippen LogP contribution in [0, 0.1) is 27.7 Å². The standard InChI is InChI=1S/C22H29N5O/c1-7-20(21-16(5)25-26(8-2)17(21)6)23-22(28)18-9-11-19(12-10-18)27-15(4)13-14(3)24-27/h9-13,20H,7-8H2,1-6H3,(H,23,28)/t20-/m1/s1. The SMILES string of the molecule is CC[C@@H](NC(=O)c1ccc(-n2nc(C)cc2C)cc1)c1c(C)nn(CC)c1C. The number of carbonyl (C=O) groups excluding carboxylic acids is 1. The highest BCUT2D eigenvalue weighted by Gasteiger charge is 2.21. The van der Waals surface area contributed by atoms with Gasteiger partial charge in [-0.25, -0.2) is 4.68 Å². The van der Waals surface area contributed by atoms with Gasteiger partial charge in [-0.2, -0.15) is 10.2 Å². The third-order valence-corrected chi connectivity index (χ3v) is 5.18. The Kier molecular flexibility index (Phi) is 5.68. The van der Waals surface area contributed by atoms with E-state index in [0.717, 1.165) is 47.0 Å². The van der Waals surface area contributed by atoms with E-state index in [1.807, 2.05) is 60.5 Å². The van der Waals surface area contributed by atoms with Gasteiger partial charge >= 0.3 is 0 Å². The average molecular weight is 380 g/mol. The van der Waals surface area contributed by atoms with Gasteiger partial charge in [0.1, 0.15) is 0 Å². The molecule has 28 heavy (non-hydrogen) atoms. The Balaban J connectivity index is 1.80. The summed E-state index contributed by atoms with van der Waals surface area (Å²) in [4.78, 5) is 12.8. The van der Waals surface area contributed by atoms with Gasteiger partial charge in [0.25, 0.3) is 5.91 Å². The summed E-state index contributed by atoms with van der Waals surface area (Å²) in [6.07, 6.45) is 0.812. The number of hydrogen-bond donors (Lipinski definition) is 1. The van der Waals surface area contributed by atoms with Crippen LogP contribution < -0.4 is 5.32 Å². The highest BCUT2D eigenvalue weighted by atomic mass is 16.1. The van der Waals surface area contributed by atoms with E-state index in [9.17, 15) is 4.79 Å². The maximum atomic E-state index is 12.8. The number of nitrogens with zero attached hydrogens (tertiary/aromatic N) is 4. The molecule has 0 unspecified atom stereocenters. The van der Waals surface area contributed by atoms with Gasteiger partial charge in [-0.15, -0.1) is 0 Å². The summed E-state index contributed by atoms with van der Waals surface area (Å²) in [6, 6.07) is 9.55. The van der Waals surface area contributed by atoms with E-state index in [1.54, 1.807) is 0 Å². The summed E-state index contributed by atoms with van der Waals surface area (Å²) in [6.45, 7) is 13.1. The quantitative estimate of drug-likeness (QED) is 0.698. The molecule has 6 heteroatoms. The molecule has 1 aromatic carbocycles. The van der Waals surface area contributed by atoms with Crippen molar-refractivity contribution in [1.82, 2.24) is 24.9 Å². The maximum absolute atomic E-state index is 12.8. The molecule has 0 aliphatic heterocycles. The van der Waals surface area contributed by atoms with Crippen LogP contribution in [0.25, 0.3) is 5.69 Å². The van der Waals surface area contributed by atoms with Gasteiger partial charge in [0.05, 0.1) is 23.1 Å². The first-order valence-corrected chi connectivity index (χ1v) is 9.84. The number of rotatable bonds is 6. The Morgan fingerprint density at radius 3 is 2.25 bits per heavy atom. The topological polar surface area (TPSA) is 64.7 Å². The molecule has 3 aromatic rings. The van der Waals surface area contributed by atoms with Crippen molar-refractivity contribution >= 4 is 5.91 Å². The third kappa shape index (κ3) is 3.72. The molecule has 1 N–H and O–H groups in total. The van der Waals surface area contributed by atoms with Crippen LogP contribution in [0.1, 0.15) is 65.0 Å². The van der Waals surface area contributed by atoms with Crippen LogP contribution in [0.3, 0.4) is 0 Å². The van der Waals surface area contributed by atoms with Crippen LogP contribution in [-0.4, -0.2) is 25.5 Å². The van der Waals surface area contributed by atoms with Gasteiger partial charge in [-0.05, 0) is 71.4 Å². The zero-order valence-electron chi connectivity index (χ0n) is 17.6. The predicted molar refractivity (Wildman–Crippen MR) is 111 cm³/mol. The normalized spacial score (nSPS) is 12.2. The first kappa shape index (κ1) is 19.9. The Morgan fingerprint density at radius 1 is 1.07 bits per heavy atom. The summed E-state index contributed by atoms with van der Waals surface area (Å²) in [5, 5.41) is 12.3. The monoisotopic (exact) mass is 379 g/mol. The molecule has 6 nitrogen and oxygen atoms in total. The molecular formula is C22H29N5O. The summed E-state index contributed by atoms with van der Waals surface area (Å²) < 4.78 is 3.88. The number of aromatic nitrogens is 4. The van der Waals surface area contributed by atoms with Crippen molar-refractivity contribution in [3.63, 3.8) is 0 Å². The summed E-state index contributed by atoms with van der Waals surface area (Å²) in [7, 11) is 0. The lowest BCUT2D eigenvalue weighted by Crippen LogP contribution is -2.29. The minimum Gasteiger partial charge on any atom is -0.345 e. The fourth-order valence-corrected chi connectivity index (χ4v) is 3.79. The van der Waals surface area contributed by atoms with Crippen molar-refractivity contribution in [2.45, 2.75) is 60.5 Å². The van der Waals surface area contributed by atoms with Crippen molar-refractivity contribution in [3.8, 4) is 5.69 Å². The van der Waals surface area contributed by atoms with Gasteiger partial charge < -0.3 is 5.32 Å². The molecule has 0 aliphatic rings. The number of nitrogens with one attached hydrogen (secondary N) is 1. The van der Waals surface area contributed by atoms with Crippen LogP contribution >= 0.6 is 0 Å². The predicted octanol–water partition coefficient (Wildman–Crippen LogP) is 4.20. The molecule has 1 amide bonds. The van der Waals surface area contributed by atoms with Crippen LogP contribution in [0.15, 0.2) is 30.3 Å². The van der Waals surface area contributed by atoms with Crippen molar-refractivity contribution < 1.29 is 4.79 Å². The van der Waals surface area contributed by atoms with Gasteiger partial charge in [-0.3, -0.25) is 9.48 Å². The van der Waals surface area contributed by atoms with Gasteiger partial charge in [0.15, 0.2) is 0 Å². The van der Waals surface area contributed by atoms with Crippen molar-refractivity contribution in [1.29, 1.82) is 0 Å². The maximum Gasteiger partial charge on any atom is 0.251 e. The molecule has 0 saturated heterocycles. The van der Waals surface area contributed by atoms with E-state index >= 15 is 0 Å². The van der Waals surface area contributed by atoms with Crippen molar-refractivity contribution in [3.05, 3.63) is 64.2 Å². The van der Waals surface area contributed by atoms with E-state index in [-0.39, 0.29) is 11.9 Å². The van der Waals surface area contributed by atoms with Crippen LogP contribution in [-0.2, 0) is 6.54 Å². The lowest BCUT2D eigenvalue weighted by atomic mass is 10.0. The molecular weight excluding hydrogens is 350 g/mol. The Labute approximate surface area is 166 Å². The smallest absolute Gasteiger partial charge is 0.251 e. The molecule has 0 spiro atoms. The second-order valence-corrected chi connectivity index (χ2v) is 7.22. The number of hydrogen-bond acceptors (Lipinski definition) is 3. The highest BCUT2D eigenvalue weighted by molar-refractivity contribution is 5.94. The molecule has 148 valence electrons. The Hall–Kier alpha value is -2.89. The summed E-state index contributed by atoms with van der Waals surface area (Å²) >= 11 is 0. The second-order valence-electron chi connectivity index (χ2n) is 7.22. The van der Waals surface area contributed by atoms with E-state index < -0.39 is 0 Å². The molecule has 0 fully saturated rings. The fourth-order valence-electron chi connectivity index (χ4n) is 3.79. The zero-order chi connectivity index (χ0) is 20.4. The molecule has 0 radical (unpaired) electrons. The third-order valence-electron chi connectivity index (χ3n) is 5.18. The number of benzene rings is 1. The first-order valence-electron chi connectivity index (χ1n) is 9.84. The zero-order valence-corrected chi connectivity index (χ0v) is 17.6. The second kappa shape index (κ2) is 8.00. The van der Waals surface area contributed by atoms with E-state index in [2.05, 4.69) is 36.3 Å². The molecule has 2 heterocycles. The van der Waals surface area contributed by atoms with E-state index in [1.165, 1.54) is 0 Å². The van der Waals surface area contributed by atoms with Crippen molar-refractivity contribution in [2.75, 3.05) is 0 Å². The molecule has 1 atom stereocenters. The lowest BCUT2D eigenvalue weighted by molar-refractivity contribution is 0.0935. The molecule has 3 rings (SSSR count). The van der Waals surface area contributed by atoms with Crippen LogP contribution in [0.2, 0.25) is 0 Å². The van der Waals surface area contributed by atoms with Gasteiger partial charge in [-0.1, -0.05) is 6.92 Å². The molecule has 0 bridgehead atoms. The Bertz CT molecular complexity index is 981. The number of aryl methyl sites for hydroxylation is 4. The number of carbonyl (C=O) groups is 1.